The largest absolute Gasteiger partial charge is 0.325 e. The lowest BCUT2D eigenvalue weighted by Gasteiger charge is -2.47. The topological polar surface area (TPSA) is 72.3 Å². The summed E-state index contributed by atoms with van der Waals surface area (Å²) in [6.45, 7) is 2.82. The van der Waals surface area contributed by atoms with E-state index >= 15 is 0 Å². The smallest absolute Gasteiger partial charge is 0.317 e. The number of nitriles is 1. The fourth-order valence-corrected chi connectivity index (χ4v) is 6.16. The number of rotatable bonds is 5. The van der Waals surface area contributed by atoms with E-state index in [2.05, 4.69) is 45.5 Å². The van der Waals surface area contributed by atoms with Crippen LogP contribution in [0.15, 0.2) is 42.6 Å². The number of aromatic nitrogens is 1. The van der Waals surface area contributed by atoms with Gasteiger partial charge >= 0.3 is 6.03 Å². The van der Waals surface area contributed by atoms with Gasteiger partial charge in [0.1, 0.15) is 11.8 Å². The highest BCUT2D eigenvalue weighted by atomic mass is 16.2. The number of hydrogen-bond donors (Lipinski definition) is 1. The maximum absolute atomic E-state index is 14.2. The summed E-state index contributed by atoms with van der Waals surface area (Å²) in [7, 11) is 2.04. The molecule has 0 radical (unpaired) electrons. The van der Waals surface area contributed by atoms with Gasteiger partial charge in [-0.15, -0.1) is 0 Å². The van der Waals surface area contributed by atoms with Crippen LogP contribution in [-0.4, -0.2) is 41.1 Å². The van der Waals surface area contributed by atoms with E-state index in [1.807, 2.05) is 24.9 Å². The van der Waals surface area contributed by atoms with Crippen LogP contribution < -0.4 is 10.2 Å². The molecule has 1 spiro atoms. The van der Waals surface area contributed by atoms with Crippen molar-refractivity contribution >= 4 is 11.7 Å². The fraction of sp³-hybridized carbons (Fsp3) is 0.519. The predicted octanol–water partition coefficient (Wildman–Crippen LogP) is 4.95. The van der Waals surface area contributed by atoms with Crippen LogP contribution in [0, 0.1) is 24.2 Å². The van der Waals surface area contributed by atoms with Gasteiger partial charge in [-0.3, -0.25) is 4.90 Å². The number of benzene rings is 1. The maximum Gasteiger partial charge on any atom is 0.325 e. The molecule has 2 aromatic rings. The van der Waals surface area contributed by atoms with Crippen LogP contribution in [-0.2, 0) is 0 Å². The van der Waals surface area contributed by atoms with E-state index in [9.17, 15) is 10.1 Å². The number of amides is 2. The van der Waals surface area contributed by atoms with Gasteiger partial charge in [-0.2, -0.15) is 5.26 Å². The third-order valence-electron chi connectivity index (χ3n) is 8.24. The van der Waals surface area contributed by atoms with Crippen molar-refractivity contribution in [1.29, 1.82) is 5.26 Å². The van der Waals surface area contributed by atoms with Gasteiger partial charge in [0.05, 0.1) is 23.5 Å². The lowest BCUT2D eigenvalue weighted by atomic mass is 9.71. The summed E-state index contributed by atoms with van der Waals surface area (Å²) in [6.07, 6.45) is 9.51. The molecule has 3 aliphatic rings. The molecule has 172 valence electrons. The molecule has 1 aromatic heterocycles. The molecule has 6 heteroatoms. The zero-order valence-electron chi connectivity index (χ0n) is 19.6. The van der Waals surface area contributed by atoms with Crippen LogP contribution in [0.5, 0.6) is 0 Å². The molecule has 6 nitrogen and oxygen atoms in total. The summed E-state index contributed by atoms with van der Waals surface area (Å²) >= 11 is 0. The summed E-state index contributed by atoms with van der Waals surface area (Å²) in [5.74, 6) is 0.601. The van der Waals surface area contributed by atoms with Crippen molar-refractivity contribution in [3.8, 4) is 6.07 Å². The Bertz CT molecular complexity index is 1050. The molecule has 2 aliphatic carbocycles. The minimum Gasteiger partial charge on any atom is -0.317 e. The van der Waals surface area contributed by atoms with Crippen LogP contribution in [0.3, 0.4) is 0 Å². The van der Waals surface area contributed by atoms with Crippen LogP contribution in [0.4, 0.5) is 10.5 Å². The fourth-order valence-electron chi connectivity index (χ4n) is 6.16. The van der Waals surface area contributed by atoms with E-state index in [1.54, 1.807) is 12.3 Å². The molecule has 2 amide bonds. The van der Waals surface area contributed by atoms with Gasteiger partial charge in [-0.05, 0) is 75.6 Å². The monoisotopic (exact) mass is 443 g/mol. The molecular formula is C27H33N5O. The Balaban J connectivity index is 1.64. The highest BCUT2D eigenvalue weighted by Gasteiger charge is 2.59. The van der Waals surface area contributed by atoms with Gasteiger partial charge in [0.15, 0.2) is 0 Å². The quantitative estimate of drug-likeness (QED) is 0.710. The van der Waals surface area contributed by atoms with Gasteiger partial charge in [-0.1, -0.05) is 36.8 Å². The standard InChI is InChI=1S/C27H33N5O/c1-19-15-23(16-28)30-17-24(19)32-25(21-9-4-3-5-10-21)27(13-11-22(29-2)12-14-27)31(26(32)33)18-20-7-6-8-20/h3-5,9-10,15,17,20,22,25,29H,6-8,11-14,18H2,1-2H3. The van der Waals surface area contributed by atoms with Crippen LogP contribution in [0.1, 0.15) is 67.8 Å². The zero-order chi connectivity index (χ0) is 23.0. The van der Waals surface area contributed by atoms with Crippen molar-refractivity contribution in [3.05, 3.63) is 59.4 Å². The summed E-state index contributed by atoms with van der Waals surface area (Å²) in [5, 5.41) is 12.8. The molecule has 2 saturated carbocycles. The number of carbonyl (C=O) groups excluding carboxylic acids is 1. The van der Waals surface area contributed by atoms with E-state index in [0.29, 0.717) is 17.7 Å². The number of carbonyl (C=O) groups is 1. The first kappa shape index (κ1) is 21.9. The molecular weight excluding hydrogens is 410 g/mol. The lowest BCUT2D eigenvalue weighted by molar-refractivity contribution is 0.0625. The van der Waals surface area contributed by atoms with Crippen molar-refractivity contribution in [1.82, 2.24) is 15.2 Å². The van der Waals surface area contributed by atoms with Gasteiger partial charge < -0.3 is 10.2 Å². The van der Waals surface area contributed by atoms with E-state index in [4.69, 9.17) is 0 Å². The minimum absolute atomic E-state index is 0.0717. The number of nitrogens with one attached hydrogen (secondary N) is 1. The van der Waals surface area contributed by atoms with Crippen molar-refractivity contribution in [2.75, 3.05) is 18.5 Å². The maximum atomic E-state index is 14.2. The SMILES string of the molecule is CNC1CCC2(CC1)C(c1ccccc1)N(c1cnc(C#N)cc1C)C(=O)N2CC1CCC1. The first-order valence-corrected chi connectivity index (χ1v) is 12.3. The average molecular weight is 444 g/mol. The number of aryl methyl sites for hydroxylation is 1. The summed E-state index contributed by atoms with van der Waals surface area (Å²) < 4.78 is 0. The molecule has 3 fully saturated rings. The average Bonchev–Trinajstić information content (AvgIpc) is 3.04. The summed E-state index contributed by atoms with van der Waals surface area (Å²) in [5.41, 5.74) is 3.06. The van der Waals surface area contributed by atoms with Gasteiger partial charge in [0.2, 0.25) is 0 Å². The Labute approximate surface area is 196 Å². The highest BCUT2D eigenvalue weighted by Crippen LogP contribution is 2.53. The number of anilines is 1. The normalized spacial score (nSPS) is 27.6. The Morgan fingerprint density at radius 2 is 1.91 bits per heavy atom. The number of hydrogen-bond acceptors (Lipinski definition) is 4. The first-order valence-electron chi connectivity index (χ1n) is 12.3. The molecule has 5 rings (SSSR count). The van der Waals surface area contributed by atoms with Gasteiger partial charge in [-0.25, -0.2) is 9.78 Å². The molecule has 1 aliphatic heterocycles. The third kappa shape index (κ3) is 3.69. The second-order valence-corrected chi connectivity index (χ2v) is 10.0. The highest BCUT2D eigenvalue weighted by molar-refractivity contribution is 5.97. The summed E-state index contributed by atoms with van der Waals surface area (Å²) in [4.78, 5) is 22.8. The molecule has 1 N–H and O–H groups in total. The van der Waals surface area contributed by atoms with E-state index in [1.165, 1.54) is 24.8 Å². The van der Waals surface area contributed by atoms with Crippen molar-refractivity contribution in [2.24, 2.45) is 5.92 Å². The van der Waals surface area contributed by atoms with Gasteiger partial charge in [0.25, 0.3) is 0 Å². The number of urea groups is 1. The van der Waals surface area contributed by atoms with E-state index in [0.717, 1.165) is 43.5 Å². The van der Waals surface area contributed by atoms with E-state index in [-0.39, 0.29) is 17.6 Å². The van der Waals surface area contributed by atoms with Crippen LogP contribution in [0.25, 0.3) is 0 Å². The molecule has 33 heavy (non-hydrogen) atoms. The summed E-state index contributed by atoms with van der Waals surface area (Å²) in [6, 6.07) is 14.9. The molecule has 1 atom stereocenters. The molecule has 0 bridgehead atoms. The van der Waals surface area contributed by atoms with Crippen molar-refractivity contribution in [2.45, 2.75) is 69.5 Å². The third-order valence-corrected chi connectivity index (χ3v) is 8.24. The van der Waals surface area contributed by atoms with Crippen LogP contribution >= 0.6 is 0 Å². The zero-order valence-corrected chi connectivity index (χ0v) is 19.6. The molecule has 2 heterocycles. The molecule has 1 saturated heterocycles. The van der Waals surface area contributed by atoms with E-state index < -0.39 is 0 Å². The van der Waals surface area contributed by atoms with Gasteiger partial charge in [0, 0.05) is 12.6 Å². The second kappa shape index (κ2) is 8.79. The first-order chi connectivity index (χ1) is 16.1. The predicted molar refractivity (Wildman–Crippen MR) is 129 cm³/mol. The Hall–Kier alpha value is -2.91. The molecule has 1 unspecified atom stereocenters. The Morgan fingerprint density at radius 3 is 2.48 bits per heavy atom. The second-order valence-electron chi connectivity index (χ2n) is 10.0. The van der Waals surface area contributed by atoms with Crippen LogP contribution in [0.2, 0.25) is 0 Å². The lowest BCUT2D eigenvalue weighted by Crippen LogP contribution is -2.54. The Morgan fingerprint density at radius 1 is 1.18 bits per heavy atom. The Kier molecular flexibility index (Phi) is 5.84. The van der Waals surface area contributed by atoms with Crippen molar-refractivity contribution < 1.29 is 4.79 Å². The number of nitrogens with zero attached hydrogens (tertiary/aromatic N) is 4. The number of pyridine rings is 1. The molecule has 1 aromatic carbocycles. The minimum atomic E-state index is -0.234. The van der Waals surface area contributed by atoms with Crippen molar-refractivity contribution in [3.63, 3.8) is 0 Å².